The summed E-state index contributed by atoms with van der Waals surface area (Å²) in [6.45, 7) is 0. The van der Waals surface area contributed by atoms with E-state index in [0.717, 1.165) is 18.7 Å². The van der Waals surface area contributed by atoms with Gasteiger partial charge in [0, 0.05) is 11.8 Å². The Morgan fingerprint density at radius 2 is 2.07 bits per heavy atom. The number of aromatic nitrogens is 1. The van der Waals surface area contributed by atoms with Crippen molar-refractivity contribution in [3.63, 3.8) is 0 Å². The lowest BCUT2D eigenvalue weighted by Gasteiger charge is -2.13. The highest BCUT2D eigenvalue weighted by atomic mass is 35.5. The molecule has 1 aromatic rings. The summed E-state index contributed by atoms with van der Waals surface area (Å²) >= 11 is 0. The number of nitrogens with two attached hydrogens (primary N) is 2. The molecule has 5 N–H and O–H groups in total. The van der Waals surface area contributed by atoms with Crippen LogP contribution in [0, 0.1) is 5.41 Å². The smallest absolute Gasteiger partial charge is 0.295 e. The minimum atomic E-state index is 0. The van der Waals surface area contributed by atoms with E-state index in [1.807, 2.05) is 6.07 Å². The number of pyridine rings is 1. The van der Waals surface area contributed by atoms with E-state index in [0.29, 0.717) is 0 Å². The number of fused-ring (bicyclic) bond motifs is 1. The molecule has 1 aliphatic carbocycles. The Labute approximate surface area is 95.2 Å². The monoisotopic (exact) mass is 226 g/mol. The molecular weight excluding hydrogens is 212 g/mol. The molecule has 82 valence electrons. The van der Waals surface area contributed by atoms with Gasteiger partial charge in [-0.3, -0.25) is 0 Å². The Balaban J connectivity index is 0.00000112. The van der Waals surface area contributed by atoms with Gasteiger partial charge in [-0.05, 0) is 37.3 Å². The lowest BCUT2D eigenvalue weighted by molar-refractivity contribution is -0.451. The van der Waals surface area contributed by atoms with Gasteiger partial charge in [0.15, 0.2) is 0 Å². The van der Waals surface area contributed by atoms with Gasteiger partial charge in [0.1, 0.15) is 0 Å². The van der Waals surface area contributed by atoms with Crippen molar-refractivity contribution in [1.82, 2.24) is 4.98 Å². The number of nitrogens with one attached hydrogen (secondary N) is 1. The lowest BCUT2D eigenvalue weighted by Crippen LogP contribution is -3.00. The van der Waals surface area contributed by atoms with Crippen molar-refractivity contribution in [2.45, 2.75) is 25.7 Å². The predicted octanol–water partition coefficient (Wildman–Crippen LogP) is -2.95. The molecule has 5 heteroatoms. The molecule has 0 saturated heterocycles. The number of rotatable bonds is 1. The lowest BCUT2D eigenvalue weighted by atomic mass is 9.96. The normalized spacial score (nSPS) is 13.9. The van der Waals surface area contributed by atoms with E-state index < -0.39 is 0 Å². The van der Waals surface area contributed by atoms with Gasteiger partial charge in [-0.25, -0.2) is 15.7 Å². The van der Waals surface area contributed by atoms with Crippen molar-refractivity contribution >= 4 is 11.8 Å². The molecule has 2 rings (SSSR count). The summed E-state index contributed by atoms with van der Waals surface area (Å²) < 4.78 is 0. The third-order valence-electron chi connectivity index (χ3n) is 2.50. The number of guanidine groups is 1. The molecule has 1 heterocycles. The molecule has 0 spiro atoms. The first kappa shape index (κ1) is 11.9. The third-order valence-corrected chi connectivity index (χ3v) is 2.50. The first-order chi connectivity index (χ1) is 6.75. The maximum absolute atomic E-state index is 7.15. The summed E-state index contributed by atoms with van der Waals surface area (Å²) in [7, 11) is 0. The minimum absolute atomic E-state index is 0. The van der Waals surface area contributed by atoms with E-state index in [-0.39, 0.29) is 18.4 Å². The molecule has 0 aliphatic heterocycles. The van der Waals surface area contributed by atoms with Crippen LogP contribution in [0.3, 0.4) is 0 Å². The largest absolute Gasteiger partial charge is 1.00 e. The molecule has 0 atom stereocenters. The molecule has 15 heavy (non-hydrogen) atoms. The van der Waals surface area contributed by atoms with Crippen molar-refractivity contribution in [1.29, 1.82) is 5.41 Å². The zero-order valence-electron chi connectivity index (χ0n) is 8.46. The zero-order valence-corrected chi connectivity index (χ0v) is 9.22. The van der Waals surface area contributed by atoms with Crippen LogP contribution in [0.4, 0.5) is 5.82 Å². The Bertz CT molecular complexity index is 364. The second-order valence-electron chi connectivity index (χ2n) is 3.65. The highest BCUT2D eigenvalue weighted by Gasteiger charge is 2.12. The van der Waals surface area contributed by atoms with Crippen molar-refractivity contribution in [3.05, 3.63) is 23.4 Å². The van der Waals surface area contributed by atoms with E-state index in [1.165, 1.54) is 24.1 Å². The van der Waals surface area contributed by atoms with Crippen molar-refractivity contribution in [2.24, 2.45) is 5.73 Å². The van der Waals surface area contributed by atoms with Crippen LogP contribution in [0.25, 0.3) is 0 Å². The van der Waals surface area contributed by atoms with Gasteiger partial charge < -0.3 is 18.1 Å². The topological polar surface area (TPSA) is 79.4 Å². The number of hydrogen-bond donors (Lipinski definition) is 3. The van der Waals surface area contributed by atoms with E-state index in [4.69, 9.17) is 11.1 Å². The summed E-state index contributed by atoms with van der Waals surface area (Å²) in [6, 6.07) is 4.04. The summed E-state index contributed by atoms with van der Waals surface area (Å²) in [5, 5.41) is 8.75. The molecule has 0 aromatic carbocycles. The fraction of sp³-hybridized carbons (Fsp3) is 0.400. The molecular formula is C10H15ClN4. The van der Waals surface area contributed by atoms with Crippen LogP contribution >= 0.6 is 0 Å². The molecule has 4 nitrogen and oxygen atoms in total. The highest BCUT2D eigenvalue weighted by Crippen LogP contribution is 2.19. The SMILES string of the molecule is N=C(N)[NH2+]c1ccc2c(n1)CCCC2.[Cl-]. The van der Waals surface area contributed by atoms with Crippen LogP contribution in [0.15, 0.2) is 12.1 Å². The number of hydrogen-bond acceptors (Lipinski definition) is 2. The number of halogens is 1. The summed E-state index contributed by atoms with van der Waals surface area (Å²) in [6.07, 6.45) is 4.70. The van der Waals surface area contributed by atoms with Crippen molar-refractivity contribution in [3.8, 4) is 0 Å². The first-order valence-corrected chi connectivity index (χ1v) is 4.93. The molecule has 0 radical (unpaired) electrons. The average Bonchev–Trinajstić information content (AvgIpc) is 2.17. The van der Waals surface area contributed by atoms with Crippen LogP contribution in [0.2, 0.25) is 0 Å². The van der Waals surface area contributed by atoms with E-state index in [1.54, 1.807) is 5.32 Å². The Kier molecular flexibility index (Phi) is 4.05. The number of quaternary nitrogens is 1. The van der Waals surface area contributed by atoms with Crippen molar-refractivity contribution in [2.75, 3.05) is 0 Å². The molecule has 0 amide bonds. The van der Waals surface area contributed by atoms with Gasteiger partial charge in [0.05, 0.1) is 0 Å². The second-order valence-corrected chi connectivity index (χ2v) is 3.65. The first-order valence-electron chi connectivity index (χ1n) is 4.93. The van der Waals surface area contributed by atoms with Crippen molar-refractivity contribution < 1.29 is 17.7 Å². The molecule has 0 saturated carbocycles. The Hall–Kier alpha value is -1.13. The van der Waals surface area contributed by atoms with Gasteiger partial charge in [-0.15, -0.1) is 0 Å². The summed E-state index contributed by atoms with van der Waals surface area (Å²) in [5.74, 6) is 0.867. The van der Waals surface area contributed by atoms with Crippen LogP contribution in [-0.2, 0) is 12.8 Å². The average molecular weight is 227 g/mol. The number of nitrogens with zero attached hydrogens (tertiary/aromatic N) is 1. The van der Waals surface area contributed by atoms with Crippen LogP contribution in [0.1, 0.15) is 24.1 Å². The maximum Gasteiger partial charge on any atom is 0.295 e. The Morgan fingerprint density at radius 3 is 2.80 bits per heavy atom. The van der Waals surface area contributed by atoms with E-state index in [2.05, 4.69) is 11.1 Å². The third kappa shape index (κ3) is 2.91. The van der Waals surface area contributed by atoms with E-state index >= 15 is 0 Å². The Morgan fingerprint density at radius 1 is 1.33 bits per heavy atom. The standard InChI is InChI=1S/C10H14N4.ClH/c11-10(12)14-9-6-5-7-3-1-2-4-8(7)13-9;/h5-6H,1-4H2,(H4,11,12,13,14);1H. The van der Waals surface area contributed by atoms with E-state index in [9.17, 15) is 0 Å². The van der Waals surface area contributed by atoms with Gasteiger partial charge in [0.25, 0.3) is 5.96 Å². The van der Waals surface area contributed by atoms with Gasteiger partial charge in [-0.2, -0.15) is 0 Å². The zero-order chi connectivity index (χ0) is 9.97. The molecule has 1 aliphatic rings. The maximum atomic E-state index is 7.15. The fourth-order valence-corrected chi connectivity index (χ4v) is 1.84. The van der Waals surface area contributed by atoms with Gasteiger partial charge in [0.2, 0.25) is 5.82 Å². The van der Waals surface area contributed by atoms with Crippen LogP contribution in [0.5, 0.6) is 0 Å². The quantitative estimate of drug-likeness (QED) is 0.354. The van der Waals surface area contributed by atoms with Gasteiger partial charge >= 0.3 is 0 Å². The molecule has 0 fully saturated rings. The molecule has 0 bridgehead atoms. The highest BCUT2D eigenvalue weighted by molar-refractivity contribution is 5.65. The molecule has 1 aromatic heterocycles. The second kappa shape index (κ2) is 5.09. The fourth-order valence-electron chi connectivity index (χ4n) is 1.84. The number of aryl methyl sites for hydroxylation is 2. The van der Waals surface area contributed by atoms with Crippen LogP contribution < -0.4 is 23.5 Å². The predicted molar refractivity (Wildman–Crippen MR) is 54.4 cm³/mol. The van der Waals surface area contributed by atoms with Gasteiger partial charge in [-0.1, -0.05) is 0 Å². The molecule has 0 unspecified atom stereocenters. The summed E-state index contributed by atoms with van der Waals surface area (Å²) in [5.41, 5.74) is 7.83. The minimum Gasteiger partial charge on any atom is -1.00 e. The summed E-state index contributed by atoms with van der Waals surface area (Å²) in [4.78, 5) is 4.48. The van der Waals surface area contributed by atoms with Crippen LogP contribution in [-0.4, -0.2) is 10.9 Å².